The average Bonchev–Trinajstić information content (AvgIpc) is 2.84. The molecule has 0 aliphatic heterocycles. The van der Waals surface area contributed by atoms with Crippen molar-refractivity contribution in [2.45, 2.75) is 0 Å². The summed E-state index contributed by atoms with van der Waals surface area (Å²) in [7, 11) is 1.78. The van der Waals surface area contributed by atoms with E-state index in [1.807, 2.05) is 28.8 Å². The smallest absolute Gasteiger partial charge is 0.251 e. The van der Waals surface area contributed by atoms with Gasteiger partial charge in [0, 0.05) is 7.05 Å². The second-order valence-corrected chi connectivity index (χ2v) is 4.56. The molecule has 1 aromatic carbocycles. The number of nitrogens with zero attached hydrogens (tertiary/aromatic N) is 6. The Morgan fingerprint density at radius 1 is 1.24 bits per heavy atom. The molecule has 8 heteroatoms. The molecule has 0 aliphatic rings. The van der Waals surface area contributed by atoms with Gasteiger partial charge in [-0.25, -0.2) is 4.68 Å². The van der Waals surface area contributed by atoms with Crippen molar-refractivity contribution in [2.24, 2.45) is 7.05 Å². The van der Waals surface area contributed by atoms with Crippen molar-refractivity contribution in [1.82, 2.24) is 28.4 Å². The normalized spacial score (nSPS) is 11.2. The van der Waals surface area contributed by atoms with Gasteiger partial charge in [0.2, 0.25) is 0 Å². The Labute approximate surface area is 110 Å². The largest absolute Gasteiger partial charge is 0.256 e. The Kier molecular flexibility index (Phi) is 2.33. The first-order valence-corrected chi connectivity index (χ1v) is 5.93. The first-order chi connectivity index (χ1) is 8.20. The van der Waals surface area contributed by atoms with Crippen molar-refractivity contribution in [3.63, 3.8) is 0 Å². The lowest BCUT2D eigenvalue weighted by Gasteiger charge is -2.00. The number of para-hydroxylation sites is 2. The molecule has 0 saturated carbocycles. The molecule has 2 aromatic heterocycles. The van der Waals surface area contributed by atoms with Crippen LogP contribution in [0.15, 0.2) is 24.3 Å². The molecule has 3 rings (SSSR count). The highest BCUT2D eigenvalue weighted by molar-refractivity contribution is 9.08. The molecule has 0 fully saturated rings. The van der Waals surface area contributed by atoms with E-state index in [2.05, 4.69) is 31.7 Å². The third kappa shape index (κ3) is 1.44. The van der Waals surface area contributed by atoms with E-state index in [-0.39, 0.29) is 0 Å². The lowest BCUT2D eigenvalue weighted by Crippen LogP contribution is -2.04. The fraction of sp³-hybridized carbons (Fsp3) is 0.111. The van der Waals surface area contributed by atoms with Crippen LogP contribution >= 0.6 is 28.4 Å². The number of benzene rings is 1. The van der Waals surface area contributed by atoms with E-state index in [0.717, 1.165) is 11.0 Å². The molecule has 6 nitrogen and oxygen atoms in total. The number of hydrogen-bond acceptors (Lipinski definition) is 4. The standard InChI is InChI=1S/C9H7BrN6S/c1-14-8(11-12-13-14)15-6-4-2-3-5-7(6)16(10)9(15)17/h2-5H,1H3. The van der Waals surface area contributed by atoms with Gasteiger partial charge in [0.15, 0.2) is 4.77 Å². The summed E-state index contributed by atoms with van der Waals surface area (Å²) in [5, 5.41) is 11.4. The summed E-state index contributed by atoms with van der Waals surface area (Å²) in [6, 6.07) is 7.84. The molecule has 0 aliphatic carbocycles. The number of aryl methyl sites for hydroxylation is 1. The van der Waals surface area contributed by atoms with Crippen molar-refractivity contribution in [2.75, 3.05) is 0 Å². The highest BCUT2D eigenvalue weighted by Gasteiger charge is 2.14. The van der Waals surface area contributed by atoms with Gasteiger partial charge in [0.1, 0.15) is 0 Å². The molecule has 0 saturated heterocycles. The Bertz CT molecular complexity index is 754. The summed E-state index contributed by atoms with van der Waals surface area (Å²) >= 11 is 8.80. The summed E-state index contributed by atoms with van der Waals surface area (Å²) in [6.07, 6.45) is 0. The van der Waals surface area contributed by atoms with Crippen LogP contribution in [0.1, 0.15) is 0 Å². The molecule has 0 amide bonds. The fourth-order valence-electron chi connectivity index (χ4n) is 1.72. The zero-order chi connectivity index (χ0) is 12.0. The number of tetrazole rings is 1. The molecule has 3 aromatic rings. The van der Waals surface area contributed by atoms with Gasteiger partial charge in [-0.15, -0.1) is 0 Å². The van der Waals surface area contributed by atoms with Crippen LogP contribution in [0.3, 0.4) is 0 Å². The molecular formula is C9H7BrN6S. The fourth-order valence-corrected chi connectivity index (χ4v) is 2.46. The van der Waals surface area contributed by atoms with Crippen LogP contribution in [0, 0.1) is 4.77 Å². The molecule has 17 heavy (non-hydrogen) atoms. The van der Waals surface area contributed by atoms with Gasteiger partial charge in [-0.3, -0.25) is 8.16 Å². The predicted molar refractivity (Wildman–Crippen MR) is 68.8 cm³/mol. The summed E-state index contributed by atoms with van der Waals surface area (Å²) in [5.41, 5.74) is 1.92. The maximum Gasteiger partial charge on any atom is 0.256 e. The van der Waals surface area contributed by atoms with E-state index in [1.165, 1.54) is 0 Å². The van der Waals surface area contributed by atoms with Crippen LogP contribution in [-0.4, -0.2) is 28.4 Å². The average molecular weight is 311 g/mol. The van der Waals surface area contributed by atoms with Crippen LogP contribution in [0.5, 0.6) is 0 Å². The zero-order valence-electron chi connectivity index (χ0n) is 8.78. The second kappa shape index (κ2) is 3.74. The second-order valence-electron chi connectivity index (χ2n) is 3.49. The Morgan fingerprint density at radius 2 is 1.94 bits per heavy atom. The zero-order valence-corrected chi connectivity index (χ0v) is 11.2. The lowest BCUT2D eigenvalue weighted by molar-refractivity contribution is 0.692. The van der Waals surface area contributed by atoms with E-state index >= 15 is 0 Å². The first kappa shape index (κ1) is 10.6. The predicted octanol–water partition coefficient (Wildman–Crippen LogP) is 1.84. The maximum atomic E-state index is 5.37. The first-order valence-electron chi connectivity index (χ1n) is 4.81. The van der Waals surface area contributed by atoms with Crippen molar-refractivity contribution in [3.8, 4) is 5.95 Å². The van der Waals surface area contributed by atoms with Gasteiger partial charge in [-0.2, -0.15) is 0 Å². The van der Waals surface area contributed by atoms with Crippen LogP contribution in [0.25, 0.3) is 17.0 Å². The van der Waals surface area contributed by atoms with Crippen LogP contribution in [0.2, 0.25) is 0 Å². The topological polar surface area (TPSA) is 53.5 Å². The molecule has 86 valence electrons. The molecule has 0 radical (unpaired) electrons. The van der Waals surface area contributed by atoms with Gasteiger partial charge < -0.3 is 0 Å². The highest BCUT2D eigenvalue weighted by Crippen LogP contribution is 2.22. The molecule has 2 heterocycles. The maximum absolute atomic E-state index is 5.37. The Morgan fingerprint density at radius 3 is 2.59 bits per heavy atom. The summed E-state index contributed by atoms with van der Waals surface area (Å²) < 4.78 is 5.74. The molecular weight excluding hydrogens is 304 g/mol. The molecule has 0 atom stereocenters. The Hall–Kier alpha value is -1.54. The molecule has 0 unspecified atom stereocenters. The monoisotopic (exact) mass is 310 g/mol. The minimum atomic E-state index is 0.587. The van der Waals surface area contributed by atoms with Gasteiger partial charge >= 0.3 is 0 Å². The Balaban J connectivity index is 2.49. The minimum absolute atomic E-state index is 0.587. The third-order valence-corrected chi connectivity index (χ3v) is 3.81. The van der Waals surface area contributed by atoms with Crippen molar-refractivity contribution in [1.29, 1.82) is 0 Å². The number of hydrogen-bond donors (Lipinski definition) is 0. The van der Waals surface area contributed by atoms with E-state index in [1.54, 1.807) is 15.3 Å². The lowest BCUT2D eigenvalue weighted by atomic mass is 10.3. The third-order valence-electron chi connectivity index (χ3n) is 2.49. The van der Waals surface area contributed by atoms with Crippen molar-refractivity contribution >= 4 is 39.4 Å². The number of fused-ring (bicyclic) bond motifs is 1. The van der Waals surface area contributed by atoms with Crippen LogP contribution < -0.4 is 0 Å². The van der Waals surface area contributed by atoms with Gasteiger partial charge in [0.05, 0.1) is 27.2 Å². The van der Waals surface area contributed by atoms with E-state index < -0.39 is 0 Å². The number of aromatic nitrogens is 6. The minimum Gasteiger partial charge on any atom is -0.251 e. The van der Waals surface area contributed by atoms with E-state index in [9.17, 15) is 0 Å². The quantitative estimate of drug-likeness (QED) is 0.644. The van der Waals surface area contributed by atoms with E-state index in [0.29, 0.717) is 10.7 Å². The summed E-state index contributed by atoms with van der Waals surface area (Å²) in [5.74, 6) is 0.587. The molecule has 0 spiro atoms. The molecule has 0 N–H and O–H groups in total. The number of imidazole rings is 1. The van der Waals surface area contributed by atoms with Crippen LogP contribution in [0.4, 0.5) is 0 Å². The number of halogens is 1. The van der Waals surface area contributed by atoms with Gasteiger partial charge in [-0.1, -0.05) is 17.2 Å². The van der Waals surface area contributed by atoms with Gasteiger partial charge in [0.25, 0.3) is 5.95 Å². The SMILES string of the molecule is Cn1nnnc1-n1c(=S)n(Br)c2ccccc21. The van der Waals surface area contributed by atoms with Crippen molar-refractivity contribution in [3.05, 3.63) is 29.0 Å². The van der Waals surface area contributed by atoms with Crippen molar-refractivity contribution < 1.29 is 0 Å². The number of rotatable bonds is 1. The summed E-state index contributed by atoms with van der Waals surface area (Å²) in [4.78, 5) is 0. The van der Waals surface area contributed by atoms with Gasteiger partial charge in [-0.05, 0) is 34.8 Å². The highest BCUT2D eigenvalue weighted by atomic mass is 79.9. The molecule has 0 bridgehead atoms. The summed E-state index contributed by atoms with van der Waals surface area (Å²) in [6.45, 7) is 0. The van der Waals surface area contributed by atoms with Crippen LogP contribution in [-0.2, 0) is 7.05 Å². The van der Waals surface area contributed by atoms with E-state index in [4.69, 9.17) is 12.2 Å².